The highest BCUT2D eigenvalue weighted by atomic mass is 35.5. The van der Waals surface area contributed by atoms with E-state index in [0.717, 1.165) is 28.7 Å². The van der Waals surface area contributed by atoms with Gasteiger partial charge in [0.05, 0.1) is 6.61 Å². The van der Waals surface area contributed by atoms with Gasteiger partial charge in [0.15, 0.2) is 0 Å². The summed E-state index contributed by atoms with van der Waals surface area (Å²) in [5.74, 6) is -0.582. The largest absolute Gasteiger partial charge is 0.460 e. The Labute approximate surface area is 204 Å². The predicted molar refractivity (Wildman–Crippen MR) is 132 cm³/mol. The molecule has 4 rings (SSSR count). The van der Waals surface area contributed by atoms with Gasteiger partial charge >= 0.3 is 5.97 Å². The zero-order valence-corrected chi connectivity index (χ0v) is 20.0. The highest BCUT2D eigenvalue weighted by Gasteiger charge is 2.47. The first-order chi connectivity index (χ1) is 16.4. The van der Waals surface area contributed by atoms with Gasteiger partial charge in [-0.2, -0.15) is 0 Å². The lowest BCUT2D eigenvalue weighted by Crippen LogP contribution is -2.49. The second-order valence-electron chi connectivity index (χ2n) is 8.78. The van der Waals surface area contributed by atoms with Crippen LogP contribution in [0.15, 0.2) is 66.7 Å². The summed E-state index contributed by atoms with van der Waals surface area (Å²) in [6.07, 6.45) is 1.86. The molecule has 178 valence electrons. The smallest absolute Gasteiger partial charge is 0.319 e. The lowest BCUT2D eigenvalue weighted by atomic mass is 9.72. The summed E-state index contributed by atoms with van der Waals surface area (Å²) in [4.78, 5) is 13.0. The SMILES string of the molecule is CCOC[C@]1(C[C@H](N)CCc2ccc(-c3cc(Cl)ccc3F)cc2)C(=O)OCc2ccccc21. The van der Waals surface area contributed by atoms with E-state index >= 15 is 0 Å². The minimum absolute atomic E-state index is 0.232. The summed E-state index contributed by atoms with van der Waals surface area (Å²) in [6.45, 7) is 2.93. The molecule has 34 heavy (non-hydrogen) atoms. The molecule has 0 unspecified atom stereocenters. The first-order valence-corrected chi connectivity index (χ1v) is 11.9. The maximum atomic E-state index is 14.2. The fourth-order valence-corrected chi connectivity index (χ4v) is 4.81. The molecule has 0 saturated carbocycles. The van der Waals surface area contributed by atoms with Crippen LogP contribution in [0.1, 0.15) is 36.5 Å². The average Bonchev–Trinajstić information content (AvgIpc) is 2.85. The number of ether oxygens (including phenoxy) is 2. The van der Waals surface area contributed by atoms with Crippen LogP contribution in [0.2, 0.25) is 5.02 Å². The van der Waals surface area contributed by atoms with Gasteiger partial charge in [0.2, 0.25) is 0 Å². The van der Waals surface area contributed by atoms with E-state index in [1.807, 2.05) is 55.5 Å². The summed E-state index contributed by atoms with van der Waals surface area (Å²) >= 11 is 6.03. The Bertz CT molecular complexity index is 1150. The van der Waals surface area contributed by atoms with Crippen molar-refractivity contribution in [1.82, 2.24) is 0 Å². The van der Waals surface area contributed by atoms with Crippen molar-refractivity contribution in [3.63, 3.8) is 0 Å². The summed E-state index contributed by atoms with van der Waals surface area (Å²) in [6, 6.07) is 19.9. The second kappa shape index (κ2) is 10.7. The van der Waals surface area contributed by atoms with E-state index in [0.29, 0.717) is 30.0 Å². The number of hydrogen-bond donors (Lipinski definition) is 1. The van der Waals surface area contributed by atoms with E-state index in [2.05, 4.69) is 0 Å². The van der Waals surface area contributed by atoms with Gasteiger partial charge in [0.1, 0.15) is 17.8 Å². The fraction of sp³-hybridized carbons (Fsp3) is 0.321. The van der Waals surface area contributed by atoms with Crippen LogP contribution in [0.4, 0.5) is 4.39 Å². The summed E-state index contributed by atoms with van der Waals surface area (Å²) in [5.41, 5.74) is 9.93. The molecule has 0 fully saturated rings. The standard InChI is InChI=1S/C28H29ClFNO3/c1-2-33-18-28(25-6-4-3-5-21(25)17-34-27(28)32)16-23(31)13-9-19-7-10-20(11-8-19)24-15-22(29)12-14-26(24)30/h3-8,10-12,14-15,23H,2,9,13,16-18,31H2,1H3/t23-,28+/m1/s1. The topological polar surface area (TPSA) is 61.5 Å². The van der Waals surface area contributed by atoms with Gasteiger partial charge < -0.3 is 15.2 Å². The van der Waals surface area contributed by atoms with Crippen LogP contribution in [0.3, 0.4) is 0 Å². The number of rotatable bonds is 9. The first kappa shape index (κ1) is 24.4. The third kappa shape index (κ3) is 5.17. The third-order valence-electron chi connectivity index (χ3n) is 6.44. The quantitative estimate of drug-likeness (QED) is 0.391. The second-order valence-corrected chi connectivity index (χ2v) is 9.21. The maximum absolute atomic E-state index is 14.2. The van der Waals surface area contributed by atoms with Crippen molar-refractivity contribution < 1.29 is 18.7 Å². The Kier molecular flexibility index (Phi) is 7.67. The van der Waals surface area contributed by atoms with Crippen molar-refractivity contribution in [2.24, 2.45) is 5.73 Å². The van der Waals surface area contributed by atoms with Gasteiger partial charge in [-0.05, 0) is 66.6 Å². The molecule has 3 aromatic carbocycles. The number of cyclic esters (lactones) is 1. The number of carbonyl (C=O) groups excluding carboxylic acids is 1. The van der Waals surface area contributed by atoms with Crippen molar-refractivity contribution in [2.75, 3.05) is 13.2 Å². The number of hydrogen-bond acceptors (Lipinski definition) is 4. The molecule has 1 aliphatic rings. The molecule has 0 saturated heterocycles. The molecule has 0 amide bonds. The van der Waals surface area contributed by atoms with E-state index < -0.39 is 5.41 Å². The van der Waals surface area contributed by atoms with Gasteiger partial charge in [0, 0.05) is 23.2 Å². The summed E-state index contributed by atoms with van der Waals surface area (Å²) < 4.78 is 25.5. The van der Waals surface area contributed by atoms with Crippen molar-refractivity contribution in [3.05, 3.63) is 94.3 Å². The van der Waals surface area contributed by atoms with Crippen molar-refractivity contribution in [2.45, 2.75) is 44.2 Å². The van der Waals surface area contributed by atoms with E-state index in [1.165, 1.54) is 12.1 Å². The molecule has 1 aliphatic heterocycles. The molecular weight excluding hydrogens is 453 g/mol. The van der Waals surface area contributed by atoms with Gasteiger partial charge in [-0.15, -0.1) is 0 Å². The molecule has 1 heterocycles. The molecular formula is C28H29ClFNO3. The maximum Gasteiger partial charge on any atom is 0.319 e. The van der Waals surface area contributed by atoms with E-state index in [4.69, 9.17) is 26.8 Å². The molecule has 0 bridgehead atoms. The summed E-state index contributed by atoms with van der Waals surface area (Å²) in [7, 11) is 0. The van der Waals surface area contributed by atoms with Crippen LogP contribution in [0.25, 0.3) is 11.1 Å². The number of halogens is 2. The Balaban J connectivity index is 1.46. The van der Waals surface area contributed by atoms with E-state index in [-0.39, 0.29) is 31.0 Å². The third-order valence-corrected chi connectivity index (χ3v) is 6.68. The van der Waals surface area contributed by atoms with E-state index in [9.17, 15) is 9.18 Å². The fourth-order valence-electron chi connectivity index (χ4n) is 4.64. The van der Waals surface area contributed by atoms with Gasteiger partial charge in [-0.1, -0.05) is 60.1 Å². The van der Waals surface area contributed by atoms with Gasteiger partial charge in [-0.3, -0.25) is 4.79 Å². The first-order valence-electron chi connectivity index (χ1n) is 11.6. The molecule has 4 nitrogen and oxygen atoms in total. The Hall–Kier alpha value is -2.73. The van der Waals surface area contributed by atoms with Crippen LogP contribution in [0.5, 0.6) is 0 Å². The lowest BCUT2D eigenvalue weighted by Gasteiger charge is -2.38. The Morgan fingerprint density at radius 2 is 1.91 bits per heavy atom. The minimum atomic E-state index is -0.905. The summed E-state index contributed by atoms with van der Waals surface area (Å²) in [5, 5.41) is 0.496. The van der Waals surface area contributed by atoms with Crippen molar-refractivity contribution >= 4 is 17.6 Å². The molecule has 0 aromatic heterocycles. The molecule has 0 spiro atoms. The highest BCUT2D eigenvalue weighted by Crippen LogP contribution is 2.38. The van der Waals surface area contributed by atoms with Crippen molar-refractivity contribution in [1.29, 1.82) is 0 Å². The molecule has 0 aliphatic carbocycles. The van der Waals surface area contributed by atoms with Crippen LogP contribution in [-0.2, 0) is 32.7 Å². The molecule has 0 radical (unpaired) electrons. The number of esters is 1. The number of aryl methyl sites for hydroxylation is 1. The number of carbonyl (C=O) groups is 1. The van der Waals surface area contributed by atoms with Gasteiger partial charge in [0.25, 0.3) is 0 Å². The zero-order valence-electron chi connectivity index (χ0n) is 19.2. The average molecular weight is 482 g/mol. The minimum Gasteiger partial charge on any atom is -0.460 e. The Morgan fingerprint density at radius 3 is 2.68 bits per heavy atom. The Morgan fingerprint density at radius 1 is 1.15 bits per heavy atom. The van der Waals surface area contributed by atoms with Gasteiger partial charge in [-0.25, -0.2) is 4.39 Å². The lowest BCUT2D eigenvalue weighted by molar-refractivity contribution is -0.158. The van der Waals surface area contributed by atoms with E-state index in [1.54, 1.807) is 6.07 Å². The van der Waals surface area contributed by atoms with Crippen LogP contribution >= 0.6 is 11.6 Å². The molecule has 2 atom stereocenters. The molecule has 3 aromatic rings. The monoisotopic (exact) mass is 481 g/mol. The highest BCUT2D eigenvalue weighted by molar-refractivity contribution is 6.30. The van der Waals surface area contributed by atoms with Crippen LogP contribution < -0.4 is 5.73 Å². The molecule has 6 heteroatoms. The van der Waals surface area contributed by atoms with Crippen LogP contribution in [-0.4, -0.2) is 25.2 Å². The number of benzene rings is 3. The zero-order chi connectivity index (χ0) is 24.1. The predicted octanol–water partition coefficient (Wildman–Crippen LogP) is 5.83. The normalized spacial score (nSPS) is 18.3. The number of nitrogens with two attached hydrogens (primary N) is 1. The van der Waals surface area contributed by atoms with Crippen LogP contribution in [0, 0.1) is 5.82 Å². The number of fused-ring (bicyclic) bond motifs is 1. The van der Waals surface area contributed by atoms with Crippen molar-refractivity contribution in [3.8, 4) is 11.1 Å². The molecule has 2 N–H and O–H groups in total.